The van der Waals surface area contributed by atoms with Crippen molar-refractivity contribution in [2.24, 2.45) is 0 Å². The number of aromatic nitrogens is 2. The number of hydrogen-bond donors (Lipinski definition) is 2. The number of rotatable bonds is 7. The zero-order valence-electron chi connectivity index (χ0n) is 16.3. The first-order valence-corrected chi connectivity index (χ1v) is 8.96. The van der Waals surface area contributed by atoms with Crippen LogP contribution in [0.1, 0.15) is 33.5 Å². The lowest BCUT2D eigenvalue weighted by molar-refractivity contribution is 0.0134. The summed E-state index contributed by atoms with van der Waals surface area (Å²) in [6.45, 7) is -0.460. The van der Waals surface area contributed by atoms with Gasteiger partial charge in [0, 0.05) is 12.7 Å². The van der Waals surface area contributed by atoms with E-state index in [0.29, 0.717) is 16.9 Å². The van der Waals surface area contributed by atoms with Crippen LogP contribution in [0.2, 0.25) is 0 Å². The van der Waals surface area contributed by atoms with Gasteiger partial charge in [0.15, 0.2) is 5.69 Å². The van der Waals surface area contributed by atoms with E-state index in [1.807, 2.05) is 0 Å². The Kier molecular flexibility index (Phi) is 6.43. The minimum Gasteiger partial charge on any atom is -0.501 e. The average molecular weight is 413 g/mol. The molecule has 8 nitrogen and oxygen atoms in total. The van der Waals surface area contributed by atoms with E-state index in [9.17, 15) is 19.2 Å². The van der Waals surface area contributed by atoms with Crippen molar-refractivity contribution in [3.8, 4) is 11.5 Å². The van der Waals surface area contributed by atoms with Gasteiger partial charge >= 0.3 is 5.91 Å². The van der Waals surface area contributed by atoms with Crippen molar-refractivity contribution < 1.29 is 23.9 Å². The first-order chi connectivity index (χ1) is 14.5. The number of halogens is 1. The lowest BCUT2D eigenvalue weighted by Crippen LogP contribution is -2.27. The van der Waals surface area contributed by atoms with Crippen LogP contribution in [0.3, 0.4) is 0 Å². The summed E-state index contributed by atoms with van der Waals surface area (Å²) in [7, 11) is 2.82. The van der Waals surface area contributed by atoms with Crippen molar-refractivity contribution in [1.29, 1.82) is 0 Å². The van der Waals surface area contributed by atoms with E-state index < -0.39 is 35.6 Å². The van der Waals surface area contributed by atoms with Gasteiger partial charge in [0.1, 0.15) is 17.7 Å². The number of nitrogens with one attached hydrogen (secondary N) is 1. The van der Waals surface area contributed by atoms with Gasteiger partial charge in [-0.2, -0.15) is 5.12 Å². The number of benzene rings is 2. The third-order valence-corrected chi connectivity index (χ3v) is 4.42. The highest BCUT2D eigenvalue weighted by atomic mass is 19.2. The number of aromatic amines is 1. The molecule has 2 aromatic carbocycles. The van der Waals surface area contributed by atoms with Crippen molar-refractivity contribution >= 4 is 5.91 Å². The van der Waals surface area contributed by atoms with Crippen LogP contribution in [-0.4, -0.2) is 40.3 Å². The Balaban J connectivity index is 1.95. The van der Waals surface area contributed by atoms with Gasteiger partial charge in [0.2, 0.25) is 5.75 Å². The summed E-state index contributed by atoms with van der Waals surface area (Å²) in [4.78, 5) is 31.2. The first-order valence-electron chi connectivity index (χ1n) is 8.96. The standard InChI is InChI=1S/C21H20FN3O5/c1-29-15-11-7-6-10-14(15)12-25(22)21(28)16-17(26)20(27)24-19(23-16)18(30-2)13-8-4-3-5-9-13/h3-11,18,26H,12H2,1-2H3,(H,23,24,27). The molecule has 0 spiro atoms. The van der Waals surface area contributed by atoms with E-state index in [2.05, 4.69) is 9.97 Å². The Morgan fingerprint density at radius 1 is 1.17 bits per heavy atom. The molecule has 0 aliphatic heterocycles. The van der Waals surface area contributed by atoms with E-state index in [1.165, 1.54) is 14.2 Å². The maximum absolute atomic E-state index is 14.7. The zero-order valence-corrected chi connectivity index (χ0v) is 16.3. The zero-order chi connectivity index (χ0) is 21.7. The molecule has 1 heterocycles. The number of hydrogen-bond acceptors (Lipinski definition) is 6. The fourth-order valence-corrected chi connectivity index (χ4v) is 2.96. The predicted octanol–water partition coefficient (Wildman–Crippen LogP) is 2.75. The Labute approximate surface area is 171 Å². The Morgan fingerprint density at radius 2 is 1.83 bits per heavy atom. The highest BCUT2D eigenvalue weighted by Gasteiger charge is 2.27. The van der Waals surface area contributed by atoms with E-state index in [4.69, 9.17) is 9.47 Å². The average Bonchev–Trinajstić information content (AvgIpc) is 2.77. The molecule has 0 saturated carbocycles. The lowest BCUT2D eigenvalue weighted by atomic mass is 10.1. The van der Waals surface area contributed by atoms with E-state index in [0.717, 1.165) is 0 Å². The second-order valence-electron chi connectivity index (χ2n) is 6.31. The summed E-state index contributed by atoms with van der Waals surface area (Å²) in [5, 5.41) is 9.90. The maximum atomic E-state index is 14.7. The van der Waals surface area contributed by atoms with Crippen molar-refractivity contribution in [3.63, 3.8) is 0 Å². The number of ether oxygens (including phenoxy) is 2. The van der Waals surface area contributed by atoms with Crippen LogP contribution in [-0.2, 0) is 11.3 Å². The molecule has 0 saturated heterocycles. The number of H-pyrrole nitrogens is 1. The SMILES string of the molecule is COc1ccccc1CN(F)C(=O)c1nc(C(OC)c2ccccc2)[nH]c(=O)c1O. The van der Waals surface area contributed by atoms with Gasteiger partial charge in [-0.15, -0.1) is 0 Å². The van der Waals surface area contributed by atoms with Crippen LogP contribution >= 0.6 is 0 Å². The van der Waals surface area contributed by atoms with Gasteiger partial charge < -0.3 is 19.6 Å². The molecule has 1 unspecified atom stereocenters. The minimum absolute atomic E-state index is 0.0412. The smallest absolute Gasteiger partial charge is 0.304 e. The summed E-state index contributed by atoms with van der Waals surface area (Å²) in [5.74, 6) is -1.90. The summed E-state index contributed by atoms with van der Waals surface area (Å²) in [6, 6.07) is 15.4. The van der Waals surface area contributed by atoms with E-state index in [1.54, 1.807) is 54.6 Å². The molecule has 0 bridgehead atoms. The molecule has 1 amide bonds. The van der Waals surface area contributed by atoms with Gasteiger partial charge in [-0.05, 0) is 11.6 Å². The molecule has 0 radical (unpaired) electrons. The summed E-state index contributed by atoms with van der Waals surface area (Å²) in [5.41, 5.74) is -0.644. The molecule has 0 fully saturated rings. The molecule has 3 aromatic rings. The monoisotopic (exact) mass is 413 g/mol. The second-order valence-corrected chi connectivity index (χ2v) is 6.31. The van der Waals surface area contributed by atoms with Gasteiger partial charge in [-0.1, -0.05) is 53.0 Å². The van der Waals surface area contributed by atoms with Crippen LogP contribution in [0.5, 0.6) is 11.5 Å². The van der Waals surface area contributed by atoms with Gasteiger partial charge in [0.25, 0.3) is 5.56 Å². The number of nitrogens with zero attached hydrogens (tertiary/aromatic N) is 2. The van der Waals surface area contributed by atoms with Crippen LogP contribution in [0, 0.1) is 0 Å². The fraction of sp³-hybridized carbons (Fsp3) is 0.190. The molecule has 156 valence electrons. The summed E-state index contributed by atoms with van der Waals surface area (Å²) < 4.78 is 25.2. The molecule has 3 rings (SSSR count). The lowest BCUT2D eigenvalue weighted by Gasteiger charge is -2.17. The highest BCUT2D eigenvalue weighted by Crippen LogP contribution is 2.25. The molecule has 2 N–H and O–H groups in total. The van der Waals surface area contributed by atoms with Gasteiger partial charge in [-0.3, -0.25) is 9.59 Å². The Bertz CT molecular complexity index is 1090. The van der Waals surface area contributed by atoms with Crippen molar-refractivity contribution in [2.75, 3.05) is 14.2 Å². The van der Waals surface area contributed by atoms with E-state index in [-0.39, 0.29) is 10.9 Å². The minimum atomic E-state index is -1.27. The number of aromatic hydroxyl groups is 1. The van der Waals surface area contributed by atoms with E-state index >= 15 is 0 Å². The van der Waals surface area contributed by atoms with Crippen molar-refractivity contribution in [3.05, 3.63) is 87.6 Å². The van der Waals surface area contributed by atoms with Crippen LogP contribution in [0.25, 0.3) is 0 Å². The first kappa shape index (κ1) is 21.0. The predicted molar refractivity (Wildman–Crippen MR) is 106 cm³/mol. The molecule has 0 aliphatic rings. The van der Waals surface area contributed by atoms with Gasteiger partial charge in [-0.25, -0.2) is 4.98 Å². The third kappa shape index (κ3) is 4.31. The third-order valence-electron chi connectivity index (χ3n) is 4.42. The molecular weight excluding hydrogens is 393 g/mol. The Hall–Kier alpha value is -3.72. The molecule has 30 heavy (non-hydrogen) atoms. The number of carbonyl (C=O) groups is 1. The van der Waals surface area contributed by atoms with Gasteiger partial charge in [0.05, 0.1) is 13.7 Å². The number of methoxy groups -OCH3 is 2. The summed E-state index contributed by atoms with van der Waals surface area (Å²) in [6.07, 6.45) is -0.826. The van der Waals surface area contributed by atoms with Crippen molar-refractivity contribution in [2.45, 2.75) is 12.6 Å². The van der Waals surface area contributed by atoms with Crippen molar-refractivity contribution in [1.82, 2.24) is 15.1 Å². The molecule has 1 aromatic heterocycles. The van der Waals surface area contributed by atoms with Crippen LogP contribution in [0.15, 0.2) is 59.4 Å². The van der Waals surface area contributed by atoms with Crippen LogP contribution in [0.4, 0.5) is 4.48 Å². The molecule has 1 atom stereocenters. The maximum Gasteiger partial charge on any atom is 0.304 e. The second kappa shape index (κ2) is 9.19. The normalized spacial score (nSPS) is 11.7. The fourth-order valence-electron chi connectivity index (χ4n) is 2.96. The number of carbonyl (C=O) groups excluding carboxylic acids is 1. The largest absolute Gasteiger partial charge is 0.501 e. The highest BCUT2D eigenvalue weighted by molar-refractivity contribution is 5.94. The number of para-hydroxylation sites is 1. The Morgan fingerprint density at radius 3 is 2.50 bits per heavy atom. The van der Waals surface area contributed by atoms with Crippen LogP contribution < -0.4 is 10.3 Å². The number of amides is 1. The molecule has 9 heteroatoms. The quantitative estimate of drug-likeness (QED) is 0.577. The molecular formula is C21H20FN3O5. The summed E-state index contributed by atoms with van der Waals surface area (Å²) >= 11 is 0. The topological polar surface area (TPSA) is 105 Å². The molecule has 0 aliphatic carbocycles.